The minimum Gasteiger partial charge on any atom is -0.384 e. The summed E-state index contributed by atoms with van der Waals surface area (Å²) in [6.45, 7) is 7.06. The molecule has 2 aromatic carbocycles. The van der Waals surface area contributed by atoms with Gasteiger partial charge in [-0.15, -0.1) is 0 Å². The van der Waals surface area contributed by atoms with Gasteiger partial charge >= 0.3 is 0 Å². The van der Waals surface area contributed by atoms with Crippen molar-refractivity contribution in [1.82, 2.24) is 4.90 Å². The van der Waals surface area contributed by atoms with Crippen molar-refractivity contribution in [3.63, 3.8) is 0 Å². The first-order chi connectivity index (χ1) is 12.6. The third kappa shape index (κ3) is 4.25. The second-order valence-electron chi connectivity index (χ2n) is 7.27. The van der Waals surface area contributed by atoms with E-state index >= 15 is 0 Å². The first-order valence-corrected chi connectivity index (χ1v) is 9.44. The third-order valence-electron chi connectivity index (χ3n) is 5.49. The van der Waals surface area contributed by atoms with Crippen LogP contribution in [0.25, 0.3) is 0 Å². The zero-order chi connectivity index (χ0) is 18.5. The van der Waals surface area contributed by atoms with Crippen LogP contribution >= 0.6 is 0 Å². The second-order valence-corrected chi connectivity index (χ2v) is 7.27. The van der Waals surface area contributed by atoms with Gasteiger partial charge in [0.05, 0.1) is 0 Å². The molecule has 2 unspecified atom stereocenters. The number of nitrogens with zero attached hydrogens (tertiary/aromatic N) is 1. The predicted octanol–water partition coefficient (Wildman–Crippen LogP) is 3.65. The molecule has 0 bridgehead atoms. The van der Waals surface area contributed by atoms with Crippen molar-refractivity contribution in [2.24, 2.45) is 11.7 Å². The molecule has 2 atom stereocenters. The van der Waals surface area contributed by atoms with E-state index in [1.807, 2.05) is 18.2 Å². The molecule has 1 aliphatic rings. The van der Waals surface area contributed by atoms with Gasteiger partial charge in [0.1, 0.15) is 0 Å². The van der Waals surface area contributed by atoms with Crippen LogP contribution in [0.4, 0.5) is 5.69 Å². The number of amides is 1. The number of para-hydroxylation sites is 1. The van der Waals surface area contributed by atoms with Crippen LogP contribution in [-0.2, 0) is 4.79 Å². The summed E-state index contributed by atoms with van der Waals surface area (Å²) in [4.78, 5) is 14.3. The van der Waals surface area contributed by atoms with Crippen molar-refractivity contribution in [2.45, 2.75) is 32.7 Å². The van der Waals surface area contributed by atoms with E-state index in [1.54, 1.807) is 0 Å². The summed E-state index contributed by atoms with van der Waals surface area (Å²) in [5, 5.41) is 3.49. The maximum Gasteiger partial charge on any atom is 0.220 e. The summed E-state index contributed by atoms with van der Waals surface area (Å²) in [6, 6.07) is 17.0. The maximum atomic E-state index is 11.8. The van der Waals surface area contributed by atoms with Gasteiger partial charge in [0.15, 0.2) is 0 Å². The minimum atomic E-state index is -0.164. The molecule has 0 saturated carbocycles. The minimum absolute atomic E-state index is 0.0302. The Morgan fingerprint density at radius 2 is 1.81 bits per heavy atom. The summed E-state index contributed by atoms with van der Waals surface area (Å²) < 4.78 is 0. The number of nitrogens with one attached hydrogen (secondary N) is 1. The number of carbonyl (C=O) groups is 1. The summed E-state index contributed by atoms with van der Waals surface area (Å²) in [6.07, 6.45) is 1.66. The lowest BCUT2D eigenvalue weighted by Crippen LogP contribution is -2.43. The van der Waals surface area contributed by atoms with Gasteiger partial charge in [0.2, 0.25) is 5.91 Å². The van der Waals surface area contributed by atoms with Crippen molar-refractivity contribution in [2.75, 3.05) is 25.0 Å². The predicted molar refractivity (Wildman–Crippen MR) is 107 cm³/mol. The number of likely N-dealkylation sites (tertiary alicyclic amines) is 1. The molecule has 1 amide bonds. The second kappa shape index (κ2) is 8.37. The quantitative estimate of drug-likeness (QED) is 0.835. The highest BCUT2D eigenvalue weighted by molar-refractivity contribution is 5.76. The Labute approximate surface area is 156 Å². The summed E-state index contributed by atoms with van der Waals surface area (Å²) in [5.41, 5.74) is 10.7. The van der Waals surface area contributed by atoms with Crippen LogP contribution < -0.4 is 11.1 Å². The Bertz CT molecular complexity index is 724. The maximum absolute atomic E-state index is 11.8. The average Bonchev–Trinajstić information content (AvgIpc) is 2.63. The number of anilines is 1. The molecule has 0 spiro atoms. The van der Waals surface area contributed by atoms with Gasteiger partial charge in [-0.3, -0.25) is 9.69 Å². The lowest BCUT2D eigenvalue weighted by molar-refractivity contribution is -0.124. The molecule has 4 heteroatoms. The number of hydrogen-bond donors (Lipinski definition) is 2. The molecule has 3 N–H and O–H groups in total. The normalized spacial score (nSPS) is 20.7. The Kier molecular flexibility index (Phi) is 5.94. The Hall–Kier alpha value is -2.33. The molecule has 2 aromatic rings. The fourth-order valence-corrected chi connectivity index (χ4v) is 4.09. The number of aryl methyl sites for hydroxylation is 2. The van der Waals surface area contributed by atoms with Crippen LogP contribution in [0.3, 0.4) is 0 Å². The fourth-order valence-electron chi connectivity index (χ4n) is 4.09. The van der Waals surface area contributed by atoms with Crippen molar-refractivity contribution < 1.29 is 4.79 Å². The average molecular weight is 351 g/mol. The summed E-state index contributed by atoms with van der Waals surface area (Å²) in [5.74, 6) is -0.194. The largest absolute Gasteiger partial charge is 0.384 e. The lowest BCUT2D eigenvalue weighted by Gasteiger charge is -2.40. The fraction of sp³-hybridized carbons (Fsp3) is 0.409. The summed E-state index contributed by atoms with van der Waals surface area (Å²) in [7, 11) is 0. The number of primary amides is 1. The molecule has 1 saturated heterocycles. The number of carbonyl (C=O) groups excluding carboxylic acids is 1. The zero-order valence-electron chi connectivity index (χ0n) is 15.7. The monoisotopic (exact) mass is 351 g/mol. The molecule has 0 radical (unpaired) electrons. The molecule has 0 aliphatic carbocycles. The highest BCUT2D eigenvalue weighted by Gasteiger charge is 2.33. The lowest BCUT2D eigenvalue weighted by atomic mass is 9.83. The molecule has 1 fully saturated rings. The number of piperidine rings is 1. The van der Waals surface area contributed by atoms with E-state index in [0.29, 0.717) is 0 Å². The highest BCUT2D eigenvalue weighted by Crippen LogP contribution is 2.37. The molecule has 4 nitrogen and oxygen atoms in total. The van der Waals surface area contributed by atoms with Gasteiger partial charge in [-0.05, 0) is 62.1 Å². The first kappa shape index (κ1) is 18.5. The smallest absolute Gasteiger partial charge is 0.220 e. The molecule has 26 heavy (non-hydrogen) atoms. The zero-order valence-corrected chi connectivity index (χ0v) is 15.7. The molecule has 0 aromatic heterocycles. The van der Waals surface area contributed by atoms with Crippen LogP contribution in [0.15, 0.2) is 48.5 Å². The van der Waals surface area contributed by atoms with E-state index in [0.717, 1.165) is 38.2 Å². The van der Waals surface area contributed by atoms with Gasteiger partial charge in [-0.2, -0.15) is 0 Å². The van der Waals surface area contributed by atoms with E-state index in [2.05, 4.69) is 54.4 Å². The van der Waals surface area contributed by atoms with E-state index in [9.17, 15) is 4.79 Å². The van der Waals surface area contributed by atoms with Crippen molar-refractivity contribution >= 4 is 11.6 Å². The topological polar surface area (TPSA) is 58.4 Å². The SMILES string of the molecule is Cc1cccc(C)c1C1CC(C(N)=O)CCN1CCNc1ccccc1. The number of nitrogens with two attached hydrogens (primary N) is 1. The van der Waals surface area contributed by atoms with Gasteiger partial charge in [0.25, 0.3) is 0 Å². The van der Waals surface area contributed by atoms with Crippen molar-refractivity contribution in [3.8, 4) is 0 Å². The van der Waals surface area contributed by atoms with E-state index in [-0.39, 0.29) is 17.9 Å². The Morgan fingerprint density at radius 1 is 1.12 bits per heavy atom. The molecule has 1 heterocycles. The van der Waals surface area contributed by atoms with Crippen LogP contribution in [0.5, 0.6) is 0 Å². The van der Waals surface area contributed by atoms with E-state index < -0.39 is 0 Å². The van der Waals surface area contributed by atoms with Crippen molar-refractivity contribution in [1.29, 1.82) is 0 Å². The van der Waals surface area contributed by atoms with Gasteiger partial charge in [-0.25, -0.2) is 0 Å². The van der Waals surface area contributed by atoms with Gasteiger partial charge in [0, 0.05) is 30.7 Å². The molecule has 1 aliphatic heterocycles. The van der Waals surface area contributed by atoms with E-state index in [1.165, 1.54) is 16.7 Å². The van der Waals surface area contributed by atoms with Crippen LogP contribution in [0, 0.1) is 19.8 Å². The number of rotatable bonds is 6. The van der Waals surface area contributed by atoms with Crippen molar-refractivity contribution in [3.05, 3.63) is 65.2 Å². The molecule has 138 valence electrons. The van der Waals surface area contributed by atoms with Gasteiger partial charge < -0.3 is 11.1 Å². The standard InChI is InChI=1S/C22H29N3O/c1-16-7-6-8-17(2)21(16)20-15-18(22(23)26)11-13-25(20)14-12-24-19-9-4-3-5-10-19/h3-10,18,20,24H,11-15H2,1-2H3,(H2,23,26). The number of hydrogen-bond acceptors (Lipinski definition) is 3. The van der Waals surface area contributed by atoms with Crippen LogP contribution in [0.2, 0.25) is 0 Å². The highest BCUT2D eigenvalue weighted by atomic mass is 16.1. The van der Waals surface area contributed by atoms with Gasteiger partial charge in [-0.1, -0.05) is 36.4 Å². The first-order valence-electron chi connectivity index (χ1n) is 9.44. The molecule has 3 rings (SSSR count). The number of benzene rings is 2. The summed E-state index contributed by atoms with van der Waals surface area (Å²) >= 11 is 0. The Balaban J connectivity index is 1.75. The molecular weight excluding hydrogens is 322 g/mol. The third-order valence-corrected chi connectivity index (χ3v) is 5.49. The van der Waals surface area contributed by atoms with E-state index in [4.69, 9.17) is 5.73 Å². The van der Waals surface area contributed by atoms with Crippen LogP contribution in [-0.4, -0.2) is 30.4 Å². The Morgan fingerprint density at radius 3 is 2.46 bits per heavy atom. The van der Waals surface area contributed by atoms with Crippen LogP contribution in [0.1, 0.15) is 35.6 Å². The molecular formula is C22H29N3O.